The van der Waals surface area contributed by atoms with Crippen molar-refractivity contribution in [2.75, 3.05) is 6.61 Å². The maximum Gasteiger partial charge on any atom is 0.451 e. The molecule has 0 spiro atoms. The van der Waals surface area contributed by atoms with E-state index in [9.17, 15) is 26.3 Å². The number of halogens is 6. The highest BCUT2D eigenvalue weighted by Crippen LogP contribution is 2.45. The highest BCUT2D eigenvalue weighted by molar-refractivity contribution is 4.87. The van der Waals surface area contributed by atoms with Gasteiger partial charge >= 0.3 is 18.0 Å². The van der Waals surface area contributed by atoms with Gasteiger partial charge in [-0.2, -0.15) is 31.2 Å². The third-order valence-electron chi connectivity index (χ3n) is 1.20. The fourth-order valence-corrected chi connectivity index (χ4v) is 0.441. The highest BCUT2D eigenvalue weighted by Gasteiger charge is 2.71. The zero-order valence-corrected chi connectivity index (χ0v) is 7.29. The lowest BCUT2D eigenvalue weighted by atomic mass is 10.2. The number of hydrogen-bond acceptors (Lipinski definition) is 2. The monoisotopic (exact) mass is 226 g/mol. The Bertz CT molecular complexity index is 187. The summed E-state index contributed by atoms with van der Waals surface area (Å²) in [6, 6.07) is 0. The quantitative estimate of drug-likeness (QED) is 0.407. The minimum absolute atomic E-state index is 0.337. The second-order valence-electron chi connectivity index (χ2n) is 2.47. The Morgan fingerprint density at radius 2 is 1.43 bits per heavy atom. The minimum atomic E-state index is -5.63. The largest absolute Gasteiger partial charge is 0.451 e. The molecule has 0 unspecified atom stereocenters. The van der Waals surface area contributed by atoms with Gasteiger partial charge in [-0.25, -0.2) is 4.89 Å². The Balaban J connectivity index is 4.69. The lowest BCUT2D eigenvalue weighted by molar-refractivity contribution is -0.502. The van der Waals surface area contributed by atoms with Crippen LogP contribution >= 0.6 is 0 Å². The van der Waals surface area contributed by atoms with Crippen LogP contribution in [0.5, 0.6) is 0 Å². The third kappa shape index (κ3) is 2.50. The van der Waals surface area contributed by atoms with Crippen LogP contribution in [0.2, 0.25) is 0 Å². The average molecular weight is 226 g/mol. The van der Waals surface area contributed by atoms with Crippen LogP contribution in [-0.4, -0.2) is 24.6 Å². The van der Waals surface area contributed by atoms with Gasteiger partial charge in [-0.1, -0.05) is 0 Å². The molecule has 0 atom stereocenters. The zero-order chi connectivity index (χ0) is 11.6. The van der Waals surface area contributed by atoms with Crippen molar-refractivity contribution in [3.63, 3.8) is 0 Å². The van der Waals surface area contributed by atoms with Gasteiger partial charge in [0.2, 0.25) is 0 Å². The third-order valence-corrected chi connectivity index (χ3v) is 1.20. The number of rotatable bonds is 5. The lowest BCUT2D eigenvalue weighted by Crippen LogP contribution is -2.53. The fraction of sp³-hybridized carbons (Fsp3) is 1.00. The molecule has 0 radical (unpaired) electrons. The normalized spacial score (nSPS) is 14.6. The molecule has 14 heavy (non-hydrogen) atoms. The van der Waals surface area contributed by atoms with Crippen LogP contribution in [0.3, 0.4) is 0 Å². The summed E-state index contributed by atoms with van der Waals surface area (Å²) in [6.45, 7) is 0.357. The van der Waals surface area contributed by atoms with E-state index in [1.165, 1.54) is 0 Å². The van der Waals surface area contributed by atoms with E-state index in [4.69, 9.17) is 0 Å². The Morgan fingerprint density at radius 1 is 1.00 bits per heavy atom. The maximum absolute atomic E-state index is 12.3. The van der Waals surface area contributed by atoms with E-state index in [0.717, 1.165) is 6.92 Å². The van der Waals surface area contributed by atoms with Crippen LogP contribution in [-0.2, 0) is 9.78 Å². The van der Waals surface area contributed by atoms with Gasteiger partial charge in [0.1, 0.15) is 0 Å². The van der Waals surface area contributed by atoms with Gasteiger partial charge in [0.05, 0.1) is 6.61 Å². The van der Waals surface area contributed by atoms with Crippen LogP contribution in [0.15, 0.2) is 0 Å². The van der Waals surface area contributed by atoms with Crippen molar-refractivity contribution < 1.29 is 36.1 Å². The average Bonchev–Trinajstić information content (AvgIpc) is 1.98. The van der Waals surface area contributed by atoms with E-state index in [2.05, 4.69) is 9.78 Å². The van der Waals surface area contributed by atoms with Crippen molar-refractivity contribution in [3.8, 4) is 0 Å². The van der Waals surface area contributed by atoms with E-state index in [-0.39, 0.29) is 6.92 Å². The molecule has 0 fully saturated rings. The first kappa shape index (κ1) is 13.5. The fourth-order valence-electron chi connectivity index (χ4n) is 0.441. The summed E-state index contributed by atoms with van der Waals surface area (Å²) in [4.78, 5) is 6.42. The molecule has 0 aliphatic heterocycles. The van der Waals surface area contributed by atoms with Crippen molar-refractivity contribution in [1.29, 1.82) is 0 Å². The molecule has 0 amide bonds. The van der Waals surface area contributed by atoms with E-state index < -0.39 is 24.6 Å². The summed E-state index contributed by atoms with van der Waals surface area (Å²) in [5.74, 6) is -10.5. The Labute approximate surface area is 75.7 Å². The summed E-state index contributed by atoms with van der Waals surface area (Å²) in [7, 11) is 0. The van der Waals surface area contributed by atoms with Crippen LogP contribution in [0.4, 0.5) is 26.3 Å². The van der Waals surface area contributed by atoms with E-state index >= 15 is 0 Å². The summed E-state index contributed by atoms with van der Waals surface area (Å²) >= 11 is 0. The van der Waals surface area contributed by atoms with Crippen molar-refractivity contribution in [2.45, 2.75) is 31.8 Å². The number of alkyl halides is 6. The molecule has 2 nitrogen and oxygen atoms in total. The molecular formula is C6H8F6O2. The molecule has 0 saturated heterocycles. The number of hydrogen-bond donors (Lipinski definition) is 0. The Kier molecular flexibility index (Phi) is 3.79. The second kappa shape index (κ2) is 3.93. The molecule has 0 aliphatic carbocycles. The summed E-state index contributed by atoms with van der Waals surface area (Å²) in [5, 5.41) is 0. The topological polar surface area (TPSA) is 18.5 Å². The van der Waals surface area contributed by atoms with Gasteiger partial charge < -0.3 is 0 Å². The van der Waals surface area contributed by atoms with Gasteiger partial charge in [-0.3, -0.25) is 0 Å². The predicted octanol–water partition coefficient (Wildman–Crippen LogP) is 2.84. The summed E-state index contributed by atoms with van der Waals surface area (Å²) < 4.78 is 73.4. The van der Waals surface area contributed by atoms with Crippen molar-refractivity contribution in [1.82, 2.24) is 0 Å². The van der Waals surface area contributed by atoms with Gasteiger partial charge in [0, 0.05) is 6.92 Å². The van der Waals surface area contributed by atoms with Gasteiger partial charge in [-0.05, 0) is 6.92 Å². The first-order chi connectivity index (χ1) is 6.06. The second-order valence-corrected chi connectivity index (χ2v) is 2.47. The summed E-state index contributed by atoms with van der Waals surface area (Å²) in [6.07, 6.45) is -5.37. The molecule has 0 aromatic heterocycles. The smallest absolute Gasteiger partial charge is 0.231 e. The SMILES string of the molecule is CCOOC(F)(F)C(F)(F)C(C)(F)F. The van der Waals surface area contributed by atoms with E-state index in [0.29, 0.717) is 0 Å². The minimum Gasteiger partial charge on any atom is -0.231 e. The Morgan fingerprint density at radius 3 is 1.71 bits per heavy atom. The molecular weight excluding hydrogens is 218 g/mol. The standard InChI is InChI=1S/C6H8F6O2/c1-3-13-14-6(11,12)5(9,10)4(2,7)8/h3H2,1-2H3. The molecule has 0 saturated carbocycles. The molecule has 0 aliphatic rings. The van der Waals surface area contributed by atoms with Crippen LogP contribution in [0.25, 0.3) is 0 Å². The molecule has 86 valence electrons. The van der Waals surface area contributed by atoms with Crippen LogP contribution in [0, 0.1) is 0 Å². The first-order valence-corrected chi connectivity index (χ1v) is 3.50. The predicted molar refractivity (Wildman–Crippen MR) is 33.2 cm³/mol. The van der Waals surface area contributed by atoms with Crippen molar-refractivity contribution >= 4 is 0 Å². The van der Waals surface area contributed by atoms with Crippen molar-refractivity contribution in [3.05, 3.63) is 0 Å². The Hall–Kier alpha value is -0.500. The van der Waals surface area contributed by atoms with E-state index in [1.807, 2.05) is 0 Å². The van der Waals surface area contributed by atoms with Gasteiger partial charge in [0.15, 0.2) is 0 Å². The lowest BCUT2D eigenvalue weighted by Gasteiger charge is -2.28. The summed E-state index contributed by atoms with van der Waals surface area (Å²) in [5.41, 5.74) is 0. The highest BCUT2D eigenvalue weighted by atomic mass is 19.3. The van der Waals surface area contributed by atoms with Crippen LogP contribution in [0.1, 0.15) is 13.8 Å². The molecule has 0 bridgehead atoms. The molecule has 0 N–H and O–H groups in total. The van der Waals surface area contributed by atoms with E-state index in [1.54, 1.807) is 0 Å². The molecule has 0 rings (SSSR count). The van der Waals surface area contributed by atoms with Gasteiger partial charge in [-0.15, -0.1) is 0 Å². The molecule has 0 heterocycles. The molecule has 8 heteroatoms. The first-order valence-electron chi connectivity index (χ1n) is 3.50. The zero-order valence-electron chi connectivity index (χ0n) is 7.29. The van der Waals surface area contributed by atoms with Gasteiger partial charge in [0.25, 0.3) is 0 Å². The molecule has 0 aromatic carbocycles. The van der Waals surface area contributed by atoms with Crippen LogP contribution < -0.4 is 0 Å². The molecule has 0 aromatic rings. The van der Waals surface area contributed by atoms with Crippen molar-refractivity contribution in [2.24, 2.45) is 0 Å². The maximum atomic E-state index is 12.3.